The van der Waals surface area contributed by atoms with Gasteiger partial charge < -0.3 is 24.8 Å². The van der Waals surface area contributed by atoms with Crippen LogP contribution in [0, 0.1) is 0 Å². The maximum absolute atomic E-state index is 11.5. The molecule has 1 aliphatic heterocycles. The predicted octanol–water partition coefficient (Wildman–Crippen LogP) is 3.20. The van der Waals surface area contributed by atoms with E-state index in [0.717, 1.165) is 15.8 Å². The number of rotatable bonds is 7. The van der Waals surface area contributed by atoms with Crippen molar-refractivity contribution < 1.29 is 23.8 Å². The number of nitrogens with one attached hydrogen (secondary N) is 2. The van der Waals surface area contributed by atoms with Crippen molar-refractivity contribution >= 4 is 34.4 Å². The number of ether oxygens (including phenoxy) is 3. The van der Waals surface area contributed by atoms with Crippen molar-refractivity contribution in [2.45, 2.75) is 25.0 Å². The molecule has 1 heterocycles. The molecular weight excluding hydrogens is 396 g/mol. The van der Waals surface area contributed by atoms with Crippen LogP contribution in [-0.2, 0) is 19.0 Å². The fourth-order valence-corrected chi connectivity index (χ4v) is 3.42. The van der Waals surface area contributed by atoms with E-state index in [4.69, 9.17) is 25.8 Å². The van der Waals surface area contributed by atoms with E-state index in [-0.39, 0.29) is 24.7 Å². The van der Waals surface area contributed by atoms with Crippen molar-refractivity contribution in [2.75, 3.05) is 33.4 Å². The zero-order valence-electron chi connectivity index (χ0n) is 16.3. The highest BCUT2D eigenvalue weighted by Crippen LogP contribution is 2.31. The van der Waals surface area contributed by atoms with Crippen molar-refractivity contribution in [2.24, 2.45) is 0 Å². The molecule has 2 N–H and O–H groups in total. The smallest absolute Gasteiger partial charge is 0.407 e. The molecule has 3 rings (SSSR count). The fraction of sp³-hybridized carbons (Fsp3) is 0.429. The highest BCUT2D eigenvalue weighted by atomic mass is 35.5. The Labute approximate surface area is 174 Å². The van der Waals surface area contributed by atoms with Gasteiger partial charge in [-0.3, -0.25) is 4.79 Å². The van der Waals surface area contributed by atoms with E-state index in [1.807, 2.05) is 30.3 Å². The molecule has 0 aliphatic carbocycles. The van der Waals surface area contributed by atoms with Gasteiger partial charge in [0.25, 0.3) is 5.91 Å². The minimum absolute atomic E-state index is 0.161. The van der Waals surface area contributed by atoms with Crippen molar-refractivity contribution in [3.63, 3.8) is 0 Å². The third kappa shape index (κ3) is 6.06. The van der Waals surface area contributed by atoms with E-state index >= 15 is 0 Å². The number of benzene rings is 2. The summed E-state index contributed by atoms with van der Waals surface area (Å²) in [4.78, 5) is 22.5. The summed E-state index contributed by atoms with van der Waals surface area (Å²) in [7, 11) is 1.48. The lowest BCUT2D eigenvalue weighted by molar-refractivity contribution is -0.189. The Bertz CT molecular complexity index is 852. The van der Waals surface area contributed by atoms with Gasteiger partial charge in [-0.15, -0.1) is 0 Å². The molecule has 0 atom stereocenters. The van der Waals surface area contributed by atoms with E-state index in [1.165, 1.54) is 12.6 Å². The average Bonchev–Trinajstić information content (AvgIpc) is 2.74. The Hall–Kier alpha value is -2.35. The number of amides is 2. The highest BCUT2D eigenvalue weighted by molar-refractivity contribution is 6.31. The monoisotopic (exact) mass is 420 g/mol. The lowest BCUT2D eigenvalue weighted by Gasteiger charge is -2.30. The Kier molecular flexibility index (Phi) is 7.69. The van der Waals surface area contributed by atoms with Gasteiger partial charge >= 0.3 is 6.09 Å². The first-order valence-corrected chi connectivity index (χ1v) is 9.97. The SMILES string of the molecule is CNC(=O)COC(=O)NCCC[C@H]1OC[C@H](c2cccc3cc(Cl)ccc32)CO1. The largest absolute Gasteiger partial charge is 0.439 e. The zero-order chi connectivity index (χ0) is 20.6. The number of fused-ring (bicyclic) bond motifs is 1. The molecule has 0 radical (unpaired) electrons. The van der Waals surface area contributed by atoms with E-state index in [0.29, 0.717) is 32.6 Å². The van der Waals surface area contributed by atoms with Crippen LogP contribution < -0.4 is 10.6 Å². The third-order valence-electron chi connectivity index (χ3n) is 4.78. The van der Waals surface area contributed by atoms with Gasteiger partial charge in [0.2, 0.25) is 0 Å². The number of hydrogen-bond acceptors (Lipinski definition) is 5. The summed E-state index contributed by atoms with van der Waals surface area (Å²) in [6, 6.07) is 12.1. The van der Waals surface area contributed by atoms with E-state index < -0.39 is 6.09 Å². The second-order valence-electron chi connectivity index (χ2n) is 6.82. The van der Waals surface area contributed by atoms with Gasteiger partial charge in [-0.25, -0.2) is 4.79 Å². The second-order valence-corrected chi connectivity index (χ2v) is 7.26. The molecule has 0 spiro atoms. The average molecular weight is 421 g/mol. The molecule has 156 valence electrons. The minimum Gasteiger partial charge on any atom is -0.439 e. The molecule has 2 aromatic rings. The van der Waals surface area contributed by atoms with Crippen LogP contribution >= 0.6 is 11.6 Å². The molecule has 0 aromatic heterocycles. The van der Waals surface area contributed by atoms with Crippen molar-refractivity contribution in [3.8, 4) is 0 Å². The van der Waals surface area contributed by atoms with E-state index in [1.54, 1.807) is 0 Å². The lowest BCUT2D eigenvalue weighted by atomic mass is 9.94. The van der Waals surface area contributed by atoms with Gasteiger partial charge in [0.1, 0.15) is 0 Å². The Morgan fingerprint density at radius 2 is 2.00 bits per heavy atom. The zero-order valence-corrected chi connectivity index (χ0v) is 17.0. The lowest BCUT2D eigenvalue weighted by Crippen LogP contribution is -2.33. The molecule has 0 bridgehead atoms. The highest BCUT2D eigenvalue weighted by Gasteiger charge is 2.24. The van der Waals surface area contributed by atoms with Crippen LogP contribution in [0.25, 0.3) is 10.8 Å². The second kappa shape index (κ2) is 10.4. The quantitative estimate of drug-likeness (QED) is 0.672. The number of hydrogen-bond donors (Lipinski definition) is 2. The normalized spacial score (nSPS) is 19.0. The maximum Gasteiger partial charge on any atom is 0.407 e. The maximum atomic E-state index is 11.5. The first-order valence-electron chi connectivity index (χ1n) is 9.59. The van der Waals surface area contributed by atoms with Crippen LogP contribution in [0.15, 0.2) is 36.4 Å². The summed E-state index contributed by atoms with van der Waals surface area (Å²) < 4.78 is 16.5. The molecule has 0 unspecified atom stereocenters. The topological polar surface area (TPSA) is 85.9 Å². The molecule has 1 fully saturated rings. The first kappa shape index (κ1) is 21.4. The minimum atomic E-state index is -0.616. The van der Waals surface area contributed by atoms with Crippen molar-refractivity contribution in [1.29, 1.82) is 0 Å². The predicted molar refractivity (Wildman–Crippen MR) is 110 cm³/mol. The van der Waals surface area contributed by atoms with Gasteiger partial charge in [-0.2, -0.15) is 0 Å². The van der Waals surface area contributed by atoms with E-state index in [9.17, 15) is 9.59 Å². The van der Waals surface area contributed by atoms with Gasteiger partial charge in [0, 0.05) is 31.0 Å². The number of alkyl carbamates (subject to hydrolysis) is 1. The van der Waals surface area contributed by atoms with Gasteiger partial charge in [0.05, 0.1) is 13.2 Å². The standard InChI is InChI=1S/C21H25ClN2O5/c1-23-19(25)13-29-21(26)24-9-3-6-20-27-11-15(12-28-20)17-5-2-4-14-10-16(22)7-8-18(14)17/h2,4-5,7-8,10,15,20H,3,6,9,11-13H2,1H3,(H,23,25)(H,24,26)/t15-,20-. The van der Waals surface area contributed by atoms with Gasteiger partial charge in [-0.1, -0.05) is 35.9 Å². The molecule has 29 heavy (non-hydrogen) atoms. The summed E-state index contributed by atoms with van der Waals surface area (Å²) >= 11 is 6.09. The molecule has 2 aromatic carbocycles. The first-order chi connectivity index (χ1) is 14.1. The van der Waals surface area contributed by atoms with Crippen molar-refractivity contribution in [1.82, 2.24) is 10.6 Å². The molecule has 1 saturated heterocycles. The molecule has 7 nitrogen and oxygen atoms in total. The van der Waals surface area contributed by atoms with Crippen molar-refractivity contribution in [3.05, 3.63) is 47.0 Å². The Balaban J connectivity index is 1.40. The van der Waals surface area contributed by atoms with Crippen LogP contribution in [0.3, 0.4) is 0 Å². The molecular formula is C21H25ClN2O5. The molecule has 0 saturated carbocycles. The number of carbonyl (C=O) groups excluding carboxylic acids is 2. The number of likely N-dealkylation sites (N-methyl/N-ethyl adjacent to an activating group) is 1. The van der Waals surface area contributed by atoms with Crippen LogP contribution in [-0.4, -0.2) is 51.7 Å². The summed E-state index contributed by atoms with van der Waals surface area (Å²) in [5.41, 5.74) is 1.19. The van der Waals surface area contributed by atoms with Gasteiger partial charge in [-0.05, 0) is 34.9 Å². The van der Waals surface area contributed by atoms with Crippen LogP contribution in [0.5, 0.6) is 0 Å². The molecule has 8 heteroatoms. The summed E-state index contributed by atoms with van der Waals surface area (Å²) in [5, 5.41) is 7.96. The Morgan fingerprint density at radius 3 is 2.76 bits per heavy atom. The van der Waals surface area contributed by atoms with Crippen LogP contribution in [0.4, 0.5) is 4.79 Å². The fourth-order valence-electron chi connectivity index (χ4n) is 3.24. The van der Waals surface area contributed by atoms with Gasteiger partial charge in [0.15, 0.2) is 12.9 Å². The third-order valence-corrected chi connectivity index (χ3v) is 5.02. The Morgan fingerprint density at radius 1 is 1.21 bits per heavy atom. The number of halogens is 1. The summed E-state index contributed by atoms with van der Waals surface area (Å²) in [6.45, 7) is 1.28. The van der Waals surface area contributed by atoms with Crippen LogP contribution in [0.2, 0.25) is 5.02 Å². The van der Waals surface area contributed by atoms with E-state index in [2.05, 4.69) is 16.7 Å². The summed E-state index contributed by atoms with van der Waals surface area (Å²) in [6.07, 6.45) is 0.430. The summed E-state index contributed by atoms with van der Waals surface area (Å²) in [5.74, 6) is -0.193. The molecule has 2 amide bonds. The number of carbonyl (C=O) groups is 2. The van der Waals surface area contributed by atoms with Crippen LogP contribution in [0.1, 0.15) is 24.3 Å². The molecule has 1 aliphatic rings.